The number of nitriles is 2. The first-order chi connectivity index (χ1) is 34.7. The first kappa shape index (κ1) is 49.4. The molecule has 3 heterocycles. The molecule has 0 radical (unpaired) electrons. The van der Waals surface area contributed by atoms with Crippen LogP contribution in [0.4, 0.5) is 0 Å². The van der Waals surface area contributed by atoms with Crippen LogP contribution in [0.1, 0.15) is 114 Å². The third-order valence-corrected chi connectivity index (χ3v) is 15.5. The zero-order chi connectivity index (χ0) is 50.5. The zero-order valence-electron chi connectivity index (χ0n) is 41.7. The van der Waals surface area contributed by atoms with E-state index in [1.165, 1.54) is 11.1 Å². The van der Waals surface area contributed by atoms with Crippen molar-refractivity contribution in [1.29, 1.82) is 10.5 Å². The number of nitrogens with two attached hydrogens (primary N) is 1. The van der Waals surface area contributed by atoms with Gasteiger partial charge in [-0.25, -0.2) is 14.9 Å². The summed E-state index contributed by atoms with van der Waals surface area (Å²) in [4.78, 5) is 24.3. The Morgan fingerprint density at radius 2 is 1.17 bits per heavy atom. The van der Waals surface area contributed by atoms with E-state index in [9.17, 15) is 10.1 Å². The molecule has 2 saturated carbocycles. The smallest absolute Gasteiger partial charge is 0.222 e. The predicted molar refractivity (Wildman–Crippen MR) is 287 cm³/mol. The van der Waals surface area contributed by atoms with Gasteiger partial charge in [0.05, 0.1) is 40.8 Å². The Labute approximate surface area is 425 Å². The van der Waals surface area contributed by atoms with Gasteiger partial charge in [0, 0.05) is 13.5 Å². The fourth-order valence-corrected chi connectivity index (χ4v) is 11.5. The maximum atomic E-state index is 13.1. The second-order valence-electron chi connectivity index (χ2n) is 20.8. The van der Waals surface area contributed by atoms with Crippen LogP contribution < -0.4 is 15.2 Å². The molecule has 364 valence electrons. The third kappa shape index (κ3) is 10.9. The second-order valence-corrected chi connectivity index (χ2v) is 25.4. The predicted octanol–water partition coefficient (Wildman–Crippen LogP) is 13.4. The Balaban J connectivity index is 0.000000159. The Hall–Kier alpha value is -7.53. The summed E-state index contributed by atoms with van der Waals surface area (Å²) in [6.45, 7) is 9.82. The second kappa shape index (κ2) is 20.7. The van der Waals surface area contributed by atoms with Gasteiger partial charge in [-0.1, -0.05) is 97.1 Å². The van der Waals surface area contributed by atoms with Gasteiger partial charge < -0.3 is 15.2 Å². The number of hydrogen-bond acceptors (Lipinski definition) is 10. The average molecular weight is 971 g/mol. The molecule has 11 rings (SSSR count). The Morgan fingerprint density at radius 3 is 1.65 bits per heavy atom. The number of aliphatic imine (C=N–C) groups is 1. The number of carbonyl (C=O) groups is 1. The van der Waals surface area contributed by atoms with E-state index in [0.717, 1.165) is 84.9 Å². The molecule has 2 N–H and O–H groups in total. The number of ketones is 1. The van der Waals surface area contributed by atoms with Crippen molar-refractivity contribution < 1.29 is 19.1 Å². The maximum absolute atomic E-state index is 13.1. The highest BCUT2D eigenvalue weighted by atomic mass is 28.3. The lowest BCUT2D eigenvalue weighted by molar-refractivity contribution is -0.208. The van der Waals surface area contributed by atoms with E-state index in [1.807, 2.05) is 72.8 Å². The number of ether oxygens (including phenoxy) is 2. The number of fused-ring (bicyclic) bond motifs is 3. The van der Waals surface area contributed by atoms with E-state index >= 15 is 0 Å². The molecular weight excluding hydrogens is 909 g/mol. The van der Waals surface area contributed by atoms with E-state index in [2.05, 4.69) is 116 Å². The number of guanidine groups is 1. The number of hydrogen-bond donors (Lipinski definition) is 1. The number of carbonyl (C=O) groups excluding carboxylic acids is 1. The minimum Gasteiger partial charge on any atom is -0.487 e. The molecule has 0 amide bonds. The van der Waals surface area contributed by atoms with Gasteiger partial charge in [-0.15, -0.1) is 0 Å². The fourth-order valence-electron chi connectivity index (χ4n) is 11.0. The molecule has 3 spiro atoms. The van der Waals surface area contributed by atoms with Gasteiger partial charge in [-0.3, -0.25) is 9.45 Å². The van der Waals surface area contributed by atoms with Gasteiger partial charge in [0.25, 0.3) is 0 Å². The molecule has 72 heavy (non-hydrogen) atoms. The summed E-state index contributed by atoms with van der Waals surface area (Å²) in [7, 11) is 0.588. The highest BCUT2D eigenvalue weighted by Crippen LogP contribution is 2.55. The quantitative estimate of drug-likeness (QED) is 0.133. The largest absolute Gasteiger partial charge is 0.487 e. The van der Waals surface area contributed by atoms with Gasteiger partial charge in [0.15, 0.2) is 14.0 Å². The average Bonchev–Trinajstić information content (AvgIpc) is 3.68. The Morgan fingerprint density at radius 1 is 0.667 bits per heavy atom. The molecule has 3 aliphatic heterocycles. The van der Waals surface area contributed by atoms with Crippen molar-refractivity contribution >= 4 is 25.8 Å². The van der Waals surface area contributed by atoms with Gasteiger partial charge >= 0.3 is 0 Å². The van der Waals surface area contributed by atoms with Crippen molar-refractivity contribution in [3.63, 3.8) is 0 Å². The van der Waals surface area contributed by atoms with Gasteiger partial charge in [0.2, 0.25) is 11.7 Å². The van der Waals surface area contributed by atoms with Crippen molar-refractivity contribution in [3.8, 4) is 45.9 Å². The van der Waals surface area contributed by atoms with Crippen LogP contribution in [0.15, 0.2) is 162 Å². The Kier molecular flexibility index (Phi) is 14.2. The fraction of sp³-hybridized carbons (Fsp3) is 0.311. The van der Waals surface area contributed by atoms with Crippen LogP contribution in [0.2, 0.25) is 19.6 Å². The van der Waals surface area contributed by atoms with E-state index < -0.39 is 14.0 Å². The van der Waals surface area contributed by atoms with Crippen molar-refractivity contribution in [2.24, 2.45) is 15.4 Å². The van der Waals surface area contributed by atoms with Crippen molar-refractivity contribution in [2.75, 3.05) is 7.05 Å². The summed E-state index contributed by atoms with van der Waals surface area (Å²) in [5, 5.41) is 20.0. The van der Waals surface area contributed by atoms with Crippen LogP contribution in [0, 0.1) is 22.7 Å². The third-order valence-electron chi connectivity index (χ3n) is 14.7. The van der Waals surface area contributed by atoms with Crippen LogP contribution in [0.5, 0.6) is 11.5 Å². The molecular formula is C61H62N6O4Si. The minimum absolute atomic E-state index is 0.160. The van der Waals surface area contributed by atoms with E-state index in [-0.39, 0.29) is 17.0 Å². The molecule has 10 nitrogen and oxygen atoms in total. The zero-order valence-corrected chi connectivity index (χ0v) is 42.7. The molecule has 6 aromatic rings. The lowest BCUT2D eigenvalue weighted by Gasteiger charge is -2.48. The Bertz CT molecular complexity index is 3110. The van der Waals surface area contributed by atoms with Crippen LogP contribution in [0.3, 0.4) is 0 Å². The van der Waals surface area contributed by atoms with Gasteiger partial charge in [-0.2, -0.15) is 10.5 Å². The lowest BCUT2D eigenvalue weighted by Crippen LogP contribution is -2.50. The molecule has 11 heteroatoms. The van der Waals surface area contributed by atoms with Crippen LogP contribution in [0.25, 0.3) is 22.3 Å². The highest BCUT2D eigenvalue weighted by Gasteiger charge is 2.55. The summed E-state index contributed by atoms with van der Waals surface area (Å²) in [6, 6.07) is 52.8. The topological polar surface area (TPSA) is 146 Å². The summed E-state index contributed by atoms with van der Waals surface area (Å²) in [5.74, 6) is 5.65. The maximum Gasteiger partial charge on any atom is 0.222 e. The van der Waals surface area contributed by atoms with Crippen molar-refractivity contribution in [3.05, 3.63) is 186 Å². The molecule has 0 bridgehead atoms. The molecule has 1 atom stereocenters. The highest BCUT2D eigenvalue weighted by molar-refractivity contribution is 6.75. The molecule has 6 aromatic carbocycles. The minimum atomic E-state index is -1.21. The van der Waals surface area contributed by atoms with Crippen LogP contribution >= 0.6 is 0 Å². The van der Waals surface area contributed by atoms with E-state index in [1.54, 1.807) is 18.2 Å². The number of hydroxylamine groups is 2. The summed E-state index contributed by atoms with van der Waals surface area (Å²) >= 11 is 0. The molecule has 0 saturated heterocycles. The van der Waals surface area contributed by atoms with Crippen molar-refractivity contribution in [2.45, 2.75) is 113 Å². The molecule has 2 aliphatic carbocycles. The first-order valence-electron chi connectivity index (χ1n) is 25.0. The summed E-state index contributed by atoms with van der Waals surface area (Å²) in [6.07, 6.45) is 8.95. The van der Waals surface area contributed by atoms with Gasteiger partial charge in [-0.05, 0) is 177 Å². The first-order valence-corrected chi connectivity index (χ1v) is 28.5. The standard InChI is InChI=1S/C29H28N4O2.C27H23NO2.C5H11NSi/c1-33-27(31)32-29(35-33)19-28(14-12-22(13-15-28)21-7-3-2-4-8-21)34-26-11-10-24(17-25(26)29)23-9-5-6-20(16-23)18-30;28-18-19-5-4-8-22(15-19)23-9-10-26-24(16-23)25(29)17-27(30-26)13-11-21(12-14-27)20-6-2-1-3-7-20;1-5-6-7(2,3)4/h2-11,16-17,22H,12-15,19H2,1H3,(H2,31,32);1-10,15-16,21H,11-14,17H2;1H2,2-4H3. The van der Waals surface area contributed by atoms with Crippen LogP contribution in [-0.4, -0.2) is 49.2 Å². The van der Waals surface area contributed by atoms with E-state index in [0.29, 0.717) is 53.1 Å². The van der Waals surface area contributed by atoms with Crippen molar-refractivity contribution in [1.82, 2.24) is 5.06 Å². The number of benzene rings is 6. The number of rotatable bonds is 5. The normalized spacial score (nSPS) is 23.7. The molecule has 5 aliphatic rings. The van der Waals surface area contributed by atoms with E-state index in [4.69, 9.17) is 30.3 Å². The van der Waals surface area contributed by atoms with Crippen LogP contribution in [-0.2, 0) is 10.6 Å². The van der Waals surface area contributed by atoms with Gasteiger partial charge in [0.1, 0.15) is 22.7 Å². The summed E-state index contributed by atoms with van der Waals surface area (Å²) < 4.78 is 17.3. The SMILES string of the molecule is C=C=N[Si](C)(C)C.CN1OC2(CC3(CCC(c4ccccc4)CC3)Oc3ccc(-c4cccc(C#N)c4)cc32)N=C1N.N#Cc1cccc(-c2ccc3c(c2)C(=O)CC2(CCC(c4ccccc4)CC2)O3)c1. The summed E-state index contributed by atoms with van der Waals surface area (Å²) in [5.41, 5.74) is 14.0. The lowest BCUT2D eigenvalue weighted by atomic mass is 9.71. The molecule has 2 fully saturated rings. The number of nitrogens with zero attached hydrogens (tertiary/aromatic N) is 5. The number of Topliss-reactive ketones (excluding diaryl/α,β-unsaturated/α-hetero) is 1. The molecule has 0 aromatic heterocycles. The molecule has 1 unspecified atom stereocenters. The monoisotopic (exact) mass is 970 g/mol.